The van der Waals surface area contributed by atoms with Crippen molar-refractivity contribution >= 4 is 34.5 Å². The van der Waals surface area contributed by atoms with Crippen molar-refractivity contribution in [2.24, 2.45) is 0 Å². The monoisotopic (exact) mass is 284 g/mol. The third-order valence-electron chi connectivity index (χ3n) is 3.28. The van der Waals surface area contributed by atoms with Crippen molar-refractivity contribution in [1.82, 2.24) is 0 Å². The first-order chi connectivity index (χ1) is 8.24. The van der Waals surface area contributed by atoms with Gasteiger partial charge in [0.25, 0.3) is 0 Å². The van der Waals surface area contributed by atoms with Gasteiger partial charge in [0, 0.05) is 21.2 Å². The highest BCUT2D eigenvalue weighted by Gasteiger charge is 2.29. The Balaban J connectivity index is 2.43. The number of hydrogen-bond donors (Lipinski definition) is 0. The summed E-state index contributed by atoms with van der Waals surface area (Å²) in [7, 11) is 0.942. The lowest BCUT2D eigenvalue weighted by Gasteiger charge is -2.07. The molecular weight excluding hydrogens is 275 g/mol. The molecule has 0 aliphatic heterocycles. The third kappa shape index (κ3) is 1.42. The van der Waals surface area contributed by atoms with Gasteiger partial charge in [0.2, 0.25) is 0 Å². The molecule has 2 aromatic carbocycles. The highest BCUT2D eigenvalue weighted by atomic mass is 79.9. The van der Waals surface area contributed by atoms with E-state index in [0.29, 0.717) is 0 Å². The summed E-state index contributed by atoms with van der Waals surface area (Å²) in [4.78, 5) is 12.3. The molecule has 0 fully saturated rings. The van der Waals surface area contributed by atoms with E-state index in [1.165, 1.54) is 5.46 Å². The molecule has 0 saturated carbocycles. The molecule has 0 aromatic heterocycles. The van der Waals surface area contributed by atoms with Gasteiger partial charge in [0.1, 0.15) is 0 Å². The molecule has 1 aliphatic carbocycles. The summed E-state index contributed by atoms with van der Waals surface area (Å²) < 4.78 is 1.00. The third-order valence-corrected chi connectivity index (χ3v) is 3.95. The zero-order valence-electron chi connectivity index (χ0n) is 9.46. The zero-order valence-corrected chi connectivity index (χ0v) is 11.0. The molecule has 0 spiro atoms. The van der Waals surface area contributed by atoms with Crippen LogP contribution in [-0.4, -0.2) is 13.1 Å². The fourth-order valence-corrected chi connectivity index (χ4v) is 3.06. The van der Waals surface area contributed by atoms with Crippen LogP contribution in [0.3, 0.4) is 0 Å². The molecule has 0 radical (unpaired) electrons. The second-order valence-electron chi connectivity index (χ2n) is 4.18. The average molecular weight is 285 g/mol. The summed E-state index contributed by atoms with van der Waals surface area (Å²) in [6.45, 7) is 2.12. The smallest absolute Gasteiger partial charge is 0.194 e. The minimum Gasteiger partial charge on any atom is -0.289 e. The fraction of sp³-hybridized carbons (Fsp3) is 0.0714. The van der Waals surface area contributed by atoms with Gasteiger partial charge < -0.3 is 0 Å². The second kappa shape index (κ2) is 3.85. The van der Waals surface area contributed by atoms with Crippen LogP contribution in [0, 0.1) is 0 Å². The molecular formula is C14H10BBrO. The lowest BCUT2D eigenvalue weighted by Crippen LogP contribution is -2.14. The second-order valence-corrected chi connectivity index (χ2v) is 5.04. The molecule has 1 aliphatic rings. The molecule has 0 N–H and O–H groups in total. The van der Waals surface area contributed by atoms with E-state index in [4.69, 9.17) is 0 Å². The molecule has 17 heavy (non-hydrogen) atoms. The van der Waals surface area contributed by atoms with Crippen molar-refractivity contribution in [2.75, 3.05) is 0 Å². The number of ketones is 1. The van der Waals surface area contributed by atoms with E-state index >= 15 is 0 Å². The number of carbonyl (C=O) groups excluding carboxylic acids is 1. The van der Waals surface area contributed by atoms with Crippen LogP contribution in [0.1, 0.15) is 15.9 Å². The van der Waals surface area contributed by atoms with E-state index in [0.717, 1.165) is 34.0 Å². The molecule has 3 heteroatoms. The molecule has 82 valence electrons. The largest absolute Gasteiger partial charge is 0.289 e. The highest BCUT2D eigenvalue weighted by Crippen LogP contribution is 2.39. The Hall–Kier alpha value is -1.35. The first-order valence-corrected chi connectivity index (χ1v) is 6.48. The summed E-state index contributed by atoms with van der Waals surface area (Å²) in [6, 6.07) is 11.8. The van der Waals surface area contributed by atoms with Crippen LogP contribution in [0.5, 0.6) is 0 Å². The number of rotatable bonds is 1. The van der Waals surface area contributed by atoms with Crippen LogP contribution in [0.2, 0.25) is 6.82 Å². The zero-order chi connectivity index (χ0) is 12.0. The van der Waals surface area contributed by atoms with Gasteiger partial charge in [0.05, 0.1) is 0 Å². The fourth-order valence-electron chi connectivity index (χ4n) is 2.49. The van der Waals surface area contributed by atoms with Crippen LogP contribution < -0.4 is 5.46 Å². The minimum atomic E-state index is 0.145. The number of benzene rings is 2. The number of carbonyl (C=O) groups is 1. The van der Waals surface area contributed by atoms with E-state index in [9.17, 15) is 4.79 Å². The first kappa shape index (κ1) is 10.8. The van der Waals surface area contributed by atoms with Gasteiger partial charge in [-0.25, -0.2) is 0 Å². The predicted molar refractivity (Wildman–Crippen MR) is 75.7 cm³/mol. The van der Waals surface area contributed by atoms with Crippen molar-refractivity contribution < 1.29 is 4.79 Å². The van der Waals surface area contributed by atoms with Crippen molar-refractivity contribution in [3.05, 3.63) is 52.0 Å². The van der Waals surface area contributed by atoms with E-state index in [2.05, 4.69) is 28.8 Å². The maximum atomic E-state index is 12.3. The molecule has 0 atom stereocenters. The molecule has 0 heterocycles. The van der Waals surface area contributed by atoms with Crippen LogP contribution >= 0.6 is 15.9 Å². The predicted octanol–water partition coefficient (Wildman–Crippen LogP) is 2.77. The van der Waals surface area contributed by atoms with Crippen LogP contribution in [0.4, 0.5) is 0 Å². The number of hydrogen-bond acceptors (Lipinski definition) is 1. The minimum absolute atomic E-state index is 0.145. The first-order valence-electron chi connectivity index (χ1n) is 5.69. The van der Waals surface area contributed by atoms with Crippen molar-refractivity contribution in [3.63, 3.8) is 0 Å². The highest BCUT2D eigenvalue weighted by molar-refractivity contribution is 9.10. The van der Waals surface area contributed by atoms with Gasteiger partial charge in [-0.2, -0.15) is 0 Å². The lowest BCUT2D eigenvalue weighted by atomic mass is 9.69. The van der Waals surface area contributed by atoms with Gasteiger partial charge in [0.15, 0.2) is 13.1 Å². The molecule has 0 unspecified atom stereocenters. The maximum Gasteiger partial charge on any atom is 0.194 e. The van der Waals surface area contributed by atoms with Gasteiger partial charge >= 0.3 is 0 Å². The van der Waals surface area contributed by atoms with Crippen LogP contribution in [0.15, 0.2) is 40.9 Å². The summed E-state index contributed by atoms with van der Waals surface area (Å²) in [5, 5.41) is 0. The number of fused-ring (bicyclic) bond motifs is 3. The molecule has 0 bridgehead atoms. The Kier molecular flexibility index (Phi) is 2.44. The Bertz CT molecular complexity index is 634. The Morgan fingerprint density at radius 1 is 1.00 bits per heavy atom. The lowest BCUT2D eigenvalue weighted by molar-refractivity contribution is 0.104. The van der Waals surface area contributed by atoms with E-state index in [1.807, 2.05) is 30.3 Å². The van der Waals surface area contributed by atoms with Crippen LogP contribution in [-0.2, 0) is 0 Å². The summed E-state index contributed by atoms with van der Waals surface area (Å²) >= 11 is 3.56. The van der Waals surface area contributed by atoms with E-state index in [1.54, 1.807) is 0 Å². The van der Waals surface area contributed by atoms with Crippen molar-refractivity contribution in [1.29, 1.82) is 0 Å². The molecule has 0 amide bonds. The normalized spacial score (nSPS) is 12.2. The van der Waals surface area contributed by atoms with Gasteiger partial charge in [-0.05, 0) is 11.6 Å². The molecule has 2 aromatic rings. The van der Waals surface area contributed by atoms with Crippen molar-refractivity contribution in [2.45, 2.75) is 6.82 Å². The Morgan fingerprint density at radius 3 is 2.35 bits per heavy atom. The molecule has 3 rings (SSSR count). The molecule has 0 saturated heterocycles. The molecule has 1 nitrogen and oxygen atoms in total. The quantitative estimate of drug-likeness (QED) is 0.628. The van der Waals surface area contributed by atoms with Gasteiger partial charge in [-0.15, -0.1) is 0 Å². The van der Waals surface area contributed by atoms with E-state index < -0.39 is 0 Å². The maximum absolute atomic E-state index is 12.3. The average Bonchev–Trinajstić information content (AvgIpc) is 2.65. The summed E-state index contributed by atoms with van der Waals surface area (Å²) in [6.07, 6.45) is 0. The topological polar surface area (TPSA) is 17.1 Å². The standard InChI is InChI=1S/C14H10BBrO/c1-15-10-6-2-4-8-12(10)13-9(14(8)17)5-3-7-11(13)16/h2-7,15H,1H3. The van der Waals surface area contributed by atoms with Crippen LogP contribution in [0.25, 0.3) is 11.1 Å². The SMILES string of the molecule is CBc1cccc2c1-c1c(Br)cccc1C2=O. The Labute approximate surface area is 109 Å². The van der Waals surface area contributed by atoms with E-state index in [-0.39, 0.29) is 5.78 Å². The summed E-state index contributed by atoms with van der Waals surface area (Å²) in [5.74, 6) is 0.145. The van der Waals surface area contributed by atoms with Gasteiger partial charge in [-0.1, -0.05) is 58.5 Å². The number of halogens is 1. The Morgan fingerprint density at radius 2 is 1.65 bits per heavy atom. The van der Waals surface area contributed by atoms with Gasteiger partial charge in [-0.3, -0.25) is 4.79 Å². The summed E-state index contributed by atoms with van der Waals surface area (Å²) in [5.41, 5.74) is 5.07. The van der Waals surface area contributed by atoms with Crippen molar-refractivity contribution in [3.8, 4) is 11.1 Å².